The minimum atomic E-state index is -1.35. The van der Waals surface area contributed by atoms with Crippen LogP contribution in [0.2, 0.25) is 0 Å². The maximum Gasteiger partial charge on any atom is 0.348 e. The summed E-state index contributed by atoms with van der Waals surface area (Å²) in [5.41, 5.74) is 0.632. The van der Waals surface area contributed by atoms with Gasteiger partial charge in [-0.2, -0.15) is 0 Å². The molecule has 1 fully saturated rings. The predicted molar refractivity (Wildman–Crippen MR) is 91.4 cm³/mol. The monoisotopic (exact) mass is 374 g/mol. The number of halogens is 2. The Kier molecular flexibility index (Phi) is 4.94. The number of ether oxygens (including phenoxy) is 3. The van der Waals surface area contributed by atoms with E-state index in [2.05, 4.69) is 0 Å². The van der Waals surface area contributed by atoms with Crippen LogP contribution < -0.4 is 4.74 Å². The second kappa shape index (κ2) is 7.19. The van der Waals surface area contributed by atoms with E-state index in [0.717, 1.165) is 6.07 Å². The van der Waals surface area contributed by atoms with Crippen molar-refractivity contribution in [1.82, 2.24) is 0 Å². The quantitative estimate of drug-likeness (QED) is 0.463. The third-order valence-electron chi connectivity index (χ3n) is 3.70. The van der Waals surface area contributed by atoms with Crippen LogP contribution in [0.3, 0.4) is 0 Å². The summed E-state index contributed by atoms with van der Waals surface area (Å²) in [4.78, 5) is 24.1. The highest BCUT2D eigenvalue weighted by Gasteiger charge is 2.39. The molecule has 3 rings (SSSR count). The van der Waals surface area contributed by atoms with Gasteiger partial charge in [0.1, 0.15) is 29.6 Å². The van der Waals surface area contributed by atoms with Gasteiger partial charge in [-0.3, -0.25) is 0 Å². The van der Waals surface area contributed by atoms with Crippen molar-refractivity contribution in [3.05, 3.63) is 70.8 Å². The summed E-state index contributed by atoms with van der Waals surface area (Å²) in [7, 11) is 0. The predicted octanol–water partition coefficient (Wildman–Crippen LogP) is 3.76. The maximum absolute atomic E-state index is 13.6. The van der Waals surface area contributed by atoms with Crippen molar-refractivity contribution >= 4 is 18.0 Å². The van der Waals surface area contributed by atoms with Gasteiger partial charge in [0.25, 0.3) is 5.79 Å². The lowest BCUT2D eigenvalue weighted by Gasteiger charge is -2.29. The van der Waals surface area contributed by atoms with E-state index in [4.69, 9.17) is 14.2 Å². The Hall–Kier alpha value is -3.22. The smallest absolute Gasteiger partial charge is 0.348 e. The number of rotatable bonds is 4. The zero-order valence-electron chi connectivity index (χ0n) is 14.6. The molecule has 7 heteroatoms. The van der Waals surface area contributed by atoms with E-state index >= 15 is 0 Å². The van der Waals surface area contributed by atoms with Gasteiger partial charge in [-0.15, -0.1) is 0 Å². The summed E-state index contributed by atoms with van der Waals surface area (Å²) in [6, 6.07) is 9.28. The summed E-state index contributed by atoms with van der Waals surface area (Å²) >= 11 is 0. The van der Waals surface area contributed by atoms with Gasteiger partial charge in [-0.25, -0.2) is 18.4 Å². The molecule has 0 amide bonds. The summed E-state index contributed by atoms with van der Waals surface area (Å²) in [5, 5.41) is 0. The van der Waals surface area contributed by atoms with Gasteiger partial charge in [0.2, 0.25) is 0 Å². The third-order valence-corrected chi connectivity index (χ3v) is 3.70. The highest BCUT2D eigenvalue weighted by atomic mass is 19.1. The Labute approximate surface area is 154 Å². The average Bonchev–Trinajstić information content (AvgIpc) is 2.58. The van der Waals surface area contributed by atoms with Crippen LogP contribution in [0.1, 0.15) is 25.0 Å². The van der Waals surface area contributed by atoms with Crippen molar-refractivity contribution in [2.75, 3.05) is 0 Å². The average molecular weight is 374 g/mol. The number of benzene rings is 2. The van der Waals surface area contributed by atoms with E-state index in [1.165, 1.54) is 56.3 Å². The number of carbonyl (C=O) groups excluding carboxylic acids is 2. The number of cyclic esters (lactones) is 2. The van der Waals surface area contributed by atoms with Crippen molar-refractivity contribution in [2.24, 2.45) is 0 Å². The number of carbonyl (C=O) groups is 2. The van der Waals surface area contributed by atoms with Gasteiger partial charge < -0.3 is 14.2 Å². The first-order valence-electron chi connectivity index (χ1n) is 8.09. The Morgan fingerprint density at radius 2 is 1.56 bits per heavy atom. The van der Waals surface area contributed by atoms with Crippen molar-refractivity contribution in [1.29, 1.82) is 0 Å². The molecule has 27 heavy (non-hydrogen) atoms. The minimum Gasteiger partial charge on any atom is -0.488 e. The standard InChI is InChI=1S/C20H16F2O5/c1-20(2)26-18(23)16(19(24)27-20)9-13-5-8-15(22)10-17(13)25-11-12-3-6-14(21)7-4-12/h3-10H,11H2,1-2H3. The second-order valence-corrected chi connectivity index (χ2v) is 6.33. The molecule has 2 aromatic carbocycles. The van der Waals surface area contributed by atoms with Crippen LogP contribution in [0, 0.1) is 11.6 Å². The van der Waals surface area contributed by atoms with Gasteiger partial charge in [-0.1, -0.05) is 12.1 Å². The van der Waals surface area contributed by atoms with Gasteiger partial charge in [0, 0.05) is 25.5 Å². The Bertz CT molecular complexity index is 894. The van der Waals surface area contributed by atoms with Crippen LogP contribution in [-0.2, 0) is 25.7 Å². The second-order valence-electron chi connectivity index (χ2n) is 6.33. The molecule has 1 heterocycles. The fourth-order valence-corrected chi connectivity index (χ4v) is 2.43. The molecule has 0 atom stereocenters. The molecule has 1 aliphatic rings. The SMILES string of the molecule is CC1(C)OC(=O)C(=Cc2ccc(F)cc2OCc2ccc(F)cc2)C(=O)O1. The Balaban J connectivity index is 1.86. The van der Waals surface area contributed by atoms with E-state index in [1.807, 2.05) is 0 Å². The fraction of sp³-hybridized carbons (Fsp3) is 0.200. The van der Waals surface area contributed by atoms with Gasteiger partial charge in [0.05, 0.1) is 0 Å². The van der Waals surface area contributed by atoms with Crippen LogP contribution in [0.25, 0.3) is 6.08 Å². The molecule has 0 aliphatic carbocycles. The molecule has 1 aliphatic heterocycles. The van der Waals surface area contributed by atoms with Crippen molar-refractivity contribution < 1.29 is 32.6 Å². The lowest BCUT2D eigenvalue weighted by Crippen LogP contribution is -2.41. The molecule has 140 valence electrons. The van der Waals surface area contributed by atoms with Crippen LogP contribution in [0.4, 0.5) is 8.78 Å². The minimum absolute atomic E-state index is 0.0435. The van der Waals surface area contributed by atoms with E-state index in [1.54, 1.807) is 0 Å². The normalized spacial score (nSPS) is 15.8. The molecule has 0 radical (unpaired) electrons. The molecule has 5 nitrogen and oxygen atoms in total. The zero-order valence-corrected chi connectivity index (χ0v) is 14.6. The lowest BCUT2D eigenvalue weighted by molar-refractivity contribution is -0.222. The number of hydrogen-bond donors (Lipinski definition) is 0. The molecular formula is C20H16F2O5. The molecule has 2 aromatic rings. The van der Waals surface area contributed by atoms with E-state index in [9.17, 15) is 18.4 Å². The largest absolute Gasteiger partial charge is 0.488 e. The van der Waals surface area contributed by atoms with Gasteiger partial charge >= 0.3 is 11.9 Å². The highest BCUT2D eigenvalue weighted by molar-refractivity contribution is 6.19. The number of esters is 2. The third kappa shape index (κ3) is 4.49. The Morgan fingerprint density at radius 3 is 2.19 bits per heavy atom. The van der Waals surface area contributed by atoms with Gasteiger partial charge in [-0.05, 0) is 35.9 Å². The topological polar surface area (TPSA) is 61.8 Å². The van der Waals surface area contributed by atoms with Gasteiger partial charge in [0.15, 0.2) is 0 Å². The summed E-state index contributed by atoms with van der Waals surface area (Å²) in [6.45, 7) is 2.92. The summed E-state index contributed by atoms with van der Waals surface area (Å²) in [5.74, 6) is -3.86. The molecule has 0 spiro atoms. The first-order chi connectivity index (χ1) is 12.7. The van der Waals surface area contributed by atoms with E-state index in [0.29, 0.717) is 11.1 Å². The molecule has 0 N–H and O–H groups in total. The lowest BCUT2D eigenvalue weighted by atomic mass is 10.1. The van der Waals surface area contributed by atoms with E-state index < -0.39 is 23.5 Å². The molecule has 1 saturated heterocycles. The van der Waals surface area contributed by atoms with E-state index in [-0.39, 0.29) is 23.7 Å². The summed E-state index contributed by atoms with van der Waals surface area (Å²) in [6.07, 6.45) is 1.22. The van der Waals surface area contributed by atoms with Crippen molar-refractivity contribution in [3.8, 4) is 5.75 Å². The van der Waals surface area contributed by atoms with Crippen molar-refractivity contribution in [2.45, 2.75) is 26.2 Å². The Morgan fingerprint density at radius 1 is 0.963 bits per heavy atom. The fourth-order valence-electron chi connectivity index (χ4n) is 2.43. The van der Waals surface area contributed by atoms with Crippen LogP contribution >= 0.6 is 0 Å². The summed E-state index contributed by atoms with van der Waals surface area (Å²) < 4.78 is 42.2. The first-order valence-corrected chi connectivity index (χ1v) is 8.09. The van der Waals surface area contributed by atoms with Crippen molar-refractivity contribution in [3.63, 3.8) is 0 Å². The molecular weight excluding hydrogens is 358 g/mol. The van der Waals surface area contributed by atoms with Crippen LogP contribution in [0.15, 0.2) is 48.0 Å². The highest BCUT2D eigenvalue weighted by Crippen LogP contribution is 2.28. The molecule has 0 saturated carbocycles. The maximum atomic E-state index is 13.6. The van der Waals surface area contributed by atoms with Crippen LogP contribution in [0.5, 0.6) is 5.75 Å². The molecule has 0 aromatic heterocycles. The first kappa shape index (κ1) is 18.6. The van der Waals surface area contributed by atoms with Crippen LogP contribution in [-0.4, -0.2) is 17.7 Å². The zero-order chi connectivity index (χ0) is 19.6. The number of hydrogen-bond acceptors (Lipinski definition) is 5. The molecule has 0 unspecified atom stereocenters. The molecule has 0 bridgehead atoms.